The predicted octanol–water partition coefficient (Wildman–Crippen LogP) is 3.82. The average molecular weight is 237 g/mol. The van der Waals surface area contributed by atoms with Crippen molar-refractivity contribution in [2.45, 2.75) is 33.5 Å². The fourth-order valence-corrected chi connectivity index (χ4v) is 2.72. The van der Waals surface area contributed by atoms with Crippen molar-refractivity contribution in [2.24, 2.45) is 0 Å². The molecule has 0 atom stereocenters. The summed E-state index contributed by atoms with van der Waals surface area (Å²) in [5.74, 6) is 0. The van der Waals surface area contributed by atoms with Gasteiger partial charge in [-0.25, -0.2) is 0 Å². The van der Waals surface area contributed by atoms with E-state index in [0.29, 0.717) is 0 Å². The maximum Gasteiger partial charge on any atom is 0.0244 e. The molecule has 0 fully saturated rings. The van der Waals surface area contributed by atoms with Crippen molar-refractivity contribution in [1.29, 1.82) is 0 Å². The highest BCUT2D eigenvalue weighted by atomic mass is 15.1. The normalized spacial score (nSPS) is 14.8. The van der Waals surface area contributed by atoms with Crippen LogP contribution in [0.2, 0.25) is 0 Å². The van der Waals surface area contributed by atoms with Crippen molar-refractivity contribution < 1.29 is 0 Å². The number of nitrogens with zero attached hydrogens (tertiary/aromatic N) is 1. The third kappa shape index (κ3) is 2.19. The van der Waals surface area contributed by atoms with E-state index in [1.807, 2.05) is 0 Å². The Labute approximate surface area is 109 Å². The largest absolute Gasteiger partial charge is 0.291 e. The number of hydrogen-bond donors (Lipinski definition) is 0. The highest BCUT2D eigenvalue weighted by molar-refractivity contribution is 5.39. The Morgan fingerprint density at radius 3 is 2.00 bits per heavy atom. The molecule has 0 amide bonds. The highest BCUT2D eigenvalue weighted by Gasteiger charge is 2.19. The molecule has 1 heteroatoms. The van der Waals surface area contributed by atoms with Crippen LogP contribution in [0.25, 0.3) is 0 Å². The molecule has 0 N–H and O–H groups in total. The number of benzene rings is 2. The zero-order valence-electron chi connectivity index (χ0n) is 11.1. The maximum absolute atomic E-state index is 2.51. The summed E-state index contributed by atoms with van der Waals surface area (Å²) in [6.07, 6.45) is 0. The Bertz CT molecular complexity index is 526. The molecule has 0 bridgehead atoms. The van der Waals surface area contributed by atoms with Gasteiger partial charge in [-0.2, -0.15) is 0 Å². The molecule has 0 spiro atoms. The van der Waals surface area contributed by atoms with Crippen LogP contribution in [0.15, 0.2) is 42.5 Å². The Balaban J connectivity index is 1.77. The molecule has 18 heavy (non-hydrogen) atoms. The van der Waals surface area contributed by atoms with Crippen LogP contribution in [0.4, 0.5) is 0 Å². The highest BCUT2D eigenvalue weighted by Crippen LogP contribution is 2.26. The topological polar surface area (TPSA) is 3.24 Å². The first-order chi connectivity index (χ1) is 8.72. The van der Waals surface area contributed by atoms with Gasteiger partial charge in [0.05, 0.1) is 0 Å². The fourth-order valence-electron chi connectivity index (χ4n) is 2.72. The van der Waals surface area contributed by atoms with Gasteiger partial charge in [0.2, 0.25) is 0 Å². The molecule has 2 aromatic carbocycles. The average Bonchev–Trinajstić information content (AvgIpc) is 2.72. The van der Waals surface area contributed by atoms with Crippen molar-refractivity contribution in [3.8, 4) is 0 Å². The van der Waals surface area contributed by atoms with Gasteiger partial charge in [-0.15, -0.1) is 0 Å². The smallest absolute Gasteiger partial charge is 0.0244 e. The molecular formula is C17H19N. The molecule has 3 rings (SSSR count). The summed E-state index contributed by atoms with van der Waals surface area (Å²) < 4.78 is 0. The third-order valence-electron chi connectivity index (χ3n) is 3.85. The summed E-state index contributed by atoms with van der Waals surface area (Å²) in [6.45, 7) is 7.63. The molecule has 0 unspecified atom stereocenters. The molecule has 0 aliphatic carbocycles. The first kappa shape index (κ1) is 11.5. The van der Waals surface area contributed by atoms with E-state index in [4.69, 9.17) is 0 Å². The summed E-state index contributed by atoms with van der Waals surface area (Å²) in [6, 6.07) is 15.4. The van der Waals surface area contributed by atoms with Crippen molar-refractivity contribution in [3.05, 3.63) is 70.3 Å². The van der Waals surface area contributed by atoms with Crippen molar-refractivity contribution in [1.82, 2.24) is 4.90 Å². The van der Waals surface area contributed by atoms with Gasteiger partial charge in [0.15, 0.2) is 0 Å². The zero-order chi connectivity index (χ0) is 12.5. The molecule has 1 nitrogen and oxygen atoms in total. The van der Waals surface area contributed by atoms with Crippen LogP contribution in [-0.4, -0.2) is 4.90 Å². The fraction of sp³-hybridized carbons (Fsp3) is 0.294. The Hall–Kier alpha value is -1.60. The Morgan fingerprint density at radius 2 is 1.44 bits per heavy atom. The van der Waals surface area contributed by atoms with E-state index in [2.05, 4.69) is 61.2 Å². The van der Waals surface area contributed by atoms with Crippen LogP contribution in [0.1, 0.15) is 27.8 Å². The monoisotopic (exact) mass is 237 g/mol. The van der Waals surface area contributed by atoms with Gasteiger partial charge in [0, 0.05) is 19.6 Å². The summed E-state index contributed by atoms with van der Waals surface area (Å²) in [4.78, 5) is 2.51. The molecular weight excluding hydrogens is 218 g/mol. The van der Waals surface area contributed by atoms with Crippen LogP contribution in [0, 0.1) is 13.8 Å². The first-order valence-corrected chi connectivity index (χ1v) is 6.57. The number of rotatable bonds is 2. The van der Waals surface area contributed by atoms with E-state index in [-0.39, 0.29) is 0 Å². The van der Waals surface area contributed by atoms with E-state index in [1.54, 1.807) is 0 Å². The molecule has 0 saturated heterocycles. The summed E-state index contributed by atoms with van der Waals surface area (Å²) in [7, 11) is 0. The van der Waals surface area contributed by atoms with Gasteiger partial charge < -0.3 is 0 Å². The van der Waals surface area contributed by atoms with Gasteiger partial charge in [0.25, 0.3) is 0 Å². The Kier molecular flexibility index (Phi) is 2.92. The summed E-state index contributed by atoms with van der Waals surface area (Å²) in [5.41, 5.74) is 7.24. The minimum absolute atomic E-state index is 1.05. The maximum atomic E-state index is 2.51. The van der Waals surface area contributed by atoms with Crippen LogP contribution in [0.5, 0.6) is 0 Å². The van der Waals surface area contributed by atoms with E-state index in [1.165, 1.54) is 27.8 Å². The van der Waals surface area contributed by atoms with Crippen molar-refractivity contribution in [3.63, 3.8) is 0 Å². The minimum Gasteiger partial charge on any atom is -0.291 e. The minimum atomic E-state index is 1.05. The molecule has 0 radical (unpaired) electrons. The molecule has 1 aliphatic heterocycles. The van der Waals surface area contributed by atoms with Gasteiger partial charge in [-0.1, -0.05) is 42.5 Å². The van der Waals surface area contributed by atoms with Crippen LogP contribution in [-0.2, 0) is 19.6 Å². The second-order valence-electron chi connectivity index (χ2n) is 5.34. The van der Waals surface area contributed by atoms with Crippen molar-refractivity contribution >= 4 is 0 Å². The molecule has 0 aromatic heterocycles. The zero-order valence-corrected chi connectivity index (χ0v) is 11.1. The van der Waals surface area contributed by atoms with Gasteiger partial charge in [-0.05, 0) is 41.7 Å². The summed E-state index contributed by atoms with van der Waals surface area (Å²) in [5, 5.41) is 0. The lowest BCUT2D eigenvalue weighted by atomic mass is 10.0. The summed E-state index contributed by atoms with van der Waals surface area (Å²) >= 11 is 0. The van der Waals surface area contributed by atoms with E-state index >= 15 is 0 Å². The molecule has 2 aromatic rings. The molecule has 1 heterocycles. The lowest BCUT2D eigenvalue weighted by molar-refractivity contribution is 0.275. The van der Waals surface area contributed by atoms with Crippen LogP contribution >= 0.6 is 0 Å². The lowest BCUT2D eigenvalue weighted by Crippen LogP contribution is -2.15. The standard InChI is InChI=1S/C17H19N/c1-13-8-16-11-18(12-17(16)9-14(13)2)10-15-6-4-3-5-7-15/h3-9H,10-12H2,1-2H3. The number of aryl methyl sites for hydroxylation is 2. The number of hydrogen-bond acceptors (Lipinski definition) is 1. The first-order valence-electron chi connectivity index (χ1n) is 6.57. The molecule has 1 aliphatic rings. The van der Waals surface area contributed by atoms with Gasteiger partial charge in [0.1, 0.15) is 0 Å². The van der Waals surface area contributed by atoms with E-state index in [0.717, 1.165) is 19.6 Å². The molecule has 92 valence electrons. The number of fused-ring (bicyclic) bond motifs is 1. The Morgan fingerprint density at radius 1 is 0.889 bits per heavy atom. The second-order valence-corrected chi connectivity index (χ2v) is 5.34. The predicted molar refractivity (Wildman–Crippen MR) is 75.3 cm³/mol. The van der Waals surface area contributed by atoms with Crippen LogP contribution < -0.4 is 0 Å². The van der Waals surface area contributed by atoms with E-state index in [9.17, 15) is 0 Å². The lowest BCUT2D eigenvalue weighted by Gasteiger charge is -2.14. The van der Waals surface area contributed by atoms with Gasteiger partial charge in [-0.3, -0.25) is 4.90 Å². The van der Waals surface area contributed by atoms with E-state index < -0.39 is 0 Å². The third-order valence-corrected chi connectivity index (χ3v) is 3.85. The second kappa shape index (κ2) is 4.58. The van der Waals surface area contributed by atoms with Crippen LogP contribution in [0.3, 0.4) is 0 Å². The SMILES string of the molecule is Cc1cc2c(cc1C)CN(Cc1ccccc1)C2. The van der Waals surface area contributed by atoms with Crippen molar-refractivity contribution in [2.75, 3.05) is 0 Å². The quantitative estimate of drug-likeness (QED) is 0.767. The molecule has 0 saturated carbocycles. The van der Waals surface area contributed by atoms with Gasteiger partial charge >= 0.3 is 0 Å².